The topological polar surface area (TPSA) is 82.5 Å². The van der Waals surface area contributed by atoms with E-state index in [1.165, 1.54) is 29.2 Å². The van der Waals surface area contributed by atoms with Crippen LogP contribution in [0.3, 0.4) is 0 Å². The summed E-state index contributed by atoms with van der Waals surface area (Å²) in [6.07, 6.45) is -2.06. The second kappa shape index (κ2) is 6.55. The Morgan fingerprint density at radius 3 is 2.60 bits per heavy atom. The lowest BCUT2D eigenvalue weighted by Crippen LogP contribution is -2.07. The fraction of sp³-hybridized carbons (Fsp3) is 0.100. The first kappa shape index (κ1) is 18.1. The number of benzene rings is 2. The lowest BCUT2D eigenvalue weighted by Gasteiger charge is -2.08. The molecule has 0 spiro atoms. The number of ether oxygens (including phenoxy) is 2. The molecule has 10 heteroatoms. The molecule has 2 aromatic heterocycles. The third kappa shape index (κ3) is 2.84. The number of hydrogen-bond donors (Lipinski definition) is 1. The second-order valence-electron chi connectivity index (χ2n) is 6.44. The number of phenolic OH excluding ortho intramolecular Hbond substituents is 1. The SMILES string of the molecule is Oc1c(-c2onc(C(F)(F)F)c2-c2cnn(-c3ccccc3)c2)ccc2c1OCO2. The number of para-hydroxylation sites is 1. The molecule has 0 saturated heterocycles. The standard InChI is InChI=1S/C20H12F3N3O4/c21-20(22,23)19-15(11-8-24-26(9-11)12-4-2-1-3-5-12)17(30-25-19)13-6-7-14-18(16(13)27)29-10-28-14/h1-9,27H,10H2. The minimum absolute atomic E-state index is 0.00953. The molecule has 7 nitrogen and oxygen atoms in total. The van der Waals surface area contributed by atoms with E-state index in [-0.39, 0.29) is 40.7 Å². The van der Waals surface area contributed by atoms with Crippen molar-refractivity contribution >= 4 is 0 Å². The van der Waals surface area contributed by atoms with E-state index in [2.05, 4.69) is 10.3 Å². The first-order chi connectivity index (χ1) is 14.4. The molecule has 152 valence electrons. The molecule has 1 aliphatic rings. The van der Waals surface area contributed by atoms with Crippen LogP contribution in [0.5, 0.6) is 17.2 Å². The van der Waals surface area contributed by atoms with Gasteiger partial charge in [-0.3, -0.25) is 0 Å². The minimum atomic E-state index is -4.78. The molecule has 0 saturated carbocycles. The normalized spacial score (nSPS) is 13.0. The van der Waals surface area contributed by atoms with Crippen LogP contribution in [-0.4, -0.2) is 26.8 Å². The van der Waals surface area contributed by atoms with Crippen molar-refractivity contribution in [3.63, 3.8) is 0 Å². The van der Waals surface area contributed by atoms with Crippen LogP contribution in [0, 0.1) is 0 Å². The molecular weight excluding hydrogens is 403 g/mol. The maximum Gasteiger partial charge on any atom is 0.437 e. The molecule has 3 heterocycles. The Hall–Kier alpha value is -3.95. The van der Waals surface area contributed by atoms with E-state index in [1.54, 1.807) is 24.3 Å². The smallest absolute Gasteiger partial charge is 0.437 e. The van der Waals surface area contributed by atoms with Crippen molar-refractivity contribution in [1.29, 1.82) is 0 Å². The van der Waals surface area contributed by atoms with E-state index < -0.39 is 17.6 Å². The first-order valence-corrected chi connectivity index (χ1v) is 8.73. The number of aromatic nitrogens is 3. The molecule has 2 aromatic carbocycles. The fourth-order valence-electron chi connectivity index (χ4n) is 3.25. The highest BCUT2D eigenvalue weighted by Gasteiger charge is 2.41. The van der Waals surface area contributed by atoms with Gasteiger partial charge < -0.3 is 19.1 Å². The van der Waals surface area contributed by atoms with Crippen molar-refractivity contribution in [3.05, 3.63) is 60.6 Å². The Kier molecular flexibility index (Phi) is 3.95. The van der Waals surface area contributed by atoms with Crippen LogP contribution in [0.1, 0.15) is 5.69 Å². The van der Waals surface area contributed by atoms with Crippen LogP contribution < -0.4 is 9.47 Å². The molecule has 0 bridgehead atoms. The average Bonchev–Trinajstić information content (AvgIpc) is 3.47. The van der Waals surface area contributed by atoms with Crippen molar-refractivity contribution in [2.24, 2.45) is 0 Å². The number of phenols is 1. The van der Waals surface area contributed by atoms with Gasteiger partial charge in [-0.15, -0.1) is 0 Å². The molecule has 4 aromatic rings. The summed E-state index contributed by atoms with van der Waals surface area (Å²) in [4.78, 5) is 0. The van der Waals surface area contributed by atoms with Gasteiger partial charge in [-0.1, -0.05) is 23.4 Å². The number of nitrogens with zero attached hydrogens (tertiary/aromatic N) is 3. The molecule has 30 heavy (non-hydrogen) atoms. The lowest BCUT2D eigenvalue weighted by molar-refractivity contribution is -0.142. The highest BCUT2D eigenvalue weighted by molar-refractivity contribution is 5.85. The summed E-state index contributed by atoms with van der Waals surface area (Å²) in [6, 6.07) is 11.8. The Morgan fingerprint density at radius 1 is 1.03 bits per heavy atom. The maximum absolute atomic E-state index is 13.7. The molecule has 0 fully saturated rings. The van der Waals surface area contributed by atoms with Gasteiger partial charge in [-0.05, 0) is 24.3 Å². The molecule has 0 amide bonds. The lowest BCUT2D eigenvalue weighted by atomic mass is 10.0. The third-order valence-electron chi connectivity index (χ3n) is 4.61. The molecule has 5 rings (SSSR count). The van der Waals surface area contributed by atoms with Crippen molar-refractivity contribution < 1.29 is 32.3 Å². The zero-order chi connectivity index (χ0) is 20.9. The highest BCUT2D eigenvalue weighted by atomic mass is 19.4. The molecule has 0 aliphatic carbocycles. The van der Waals surface area contributed by atoms with Crippen molar-refractivity contribution in [3.8, 4) is 45.4 Å². The van der Waals surface area contributed by atoms with Gasteiger partial charge in [0.25, 0.3) is 0 Å². The molecule has 1 aliphatic heterocycles. The number of aromatic hydroxyl groups is 1. The van der Waals surface area contributed by atoms with Gasteiger partial charge in [0, 0.05) is 11.8 Å². The average molecular weight is 415 g/mol. The Morgan fingerprint density at radius 2 is 1.83 bits per heavy atom. The van der Waals surface area contributed by atoms with Crippen molar-refractivity contribution in [1.82, 2.24) is 14.9 Å². The van der Waals surface area contributed by atoms with Crippen LogP contribution in [0.4, 0.5) is 13.2 Å². The summed E-state index contributed by atoms with van der Waals surface area (Å²) in [5, 5.41) is 17.9. The third-order valence-corrected chi connectivity index (χ3v) is 4.61. The summed E-state index contributed by atoms with van der Waals surface area (Å²) in [5.41, 5.74) is -0.772. The van der Waals surface area contributed by atoms with E-state index in [1.807, 2.05) is 6.07 Å². The van der Waals surface area contributed by atoms with Crippen LogP contribution >= 0.6 is 0 Å². The van der Waals surface area contributed by atoms with Crippen molar-refractivity contribution in [2.75, 3.05) is 6.79 Å². The van der Waals surface area contributed by atoms with Gasteiger partial charge in [-0.2, -0.15) is 18.3 Å². The molecule has 0 atom stereocenters. The number of hydrogen-bond acceptors (Lipinski definition) is 6. The van der Waals surface area contributed by atoms with Gasteiger partial charge in [-0.25, -0.2) is 4.68 Å². The Bertz CT molecular complexity index is 1230. The predicted octanol–water partition coefficient (Wildman–Crippen LogP) is 4.65. The summed E-state index contributed by atoms with van der Waals surface area (Å²) < 4.78 is 57.8. The summed E-state index contributed by atoms with van der Waals surface area (Å²) in [7, 11) is 0. The number of halogens is 3. The van der Waals surface area contributed by atoms with E-state index in [4.69, 9.17) is 14.0 Å². The van der Waals surface area contributed by atoms with Crippen LogP contribution in [0.25, 0.3) is 28.1 Å². The van der Waals surface area contributed by atoms with Gasteiger partial charge in [0.1, 0.15) is 0 Å². The van der Waals surface area contributed by atoms with Crippen LogP contribution in [-0.2, 0) is 6.18 Å². The predicted molar refractivity (Wildman–Crippen MR) is 97.3 cm³/mol. The monoisotopic (exact) mass is 415 g/mol. The van der Waals surface area contributed by atoms with Gasteiger partial charge in [0.15, 0.2) is 23.0 Å². The largest absolute Gasteiger partial charge is 0.504 e. The number of alkyl halides is 3. The number of rotatable bonds is 3. The van der Waals surface area contributed by atoms with E-state index in [0.29, 0.717) is 5.69 Å². The van der Waals surface area contributed by atoms with E-state index in [9.17, 15) is 18.3 Å². The summed E-state index contributed by atoms with van der Waals surface area (Å²) in [6.45, 7) is -0.104. The summed E-state index contributed by atoms with van der Waals surface area (Å²) >= 11 is 0. The van der Waals surface area contributed by atoms with E-state index in [0.717, 1.165) is 0 Å². The Balaban J connectivity index is 1.69. The Labute approximate surface area is 166 Å². The van der Waals surface area contributed by atoms with Gasteiger partial charge >= 0.3 is 6.18 Å². The molecule has 1 N–H and O–H groups in total. The molecule has 0 radical (unpaired) electrons. The minimum Gasteiger partial charge on any atom is -0.504 e. The molecular formula is C20H12F3N3O4. The molecule has 0 unspecified atom stereocenters. The maximum atomic E-state index is 13.7. The summed E-state index contributed by atoms with van der Waals surface area (Å²) in [5.74, 6) is -0.342. The van der Waals surface area contributed by atoms with Gasteiger partial charge in [0.2, 0.25) is 12.5 Å². The fourth-order valence-corrected chi connectivity index (χ4v) is 3.25. The van der Waals surface area contributed by atoms with E-state index >= 15 is 0 Å². The quantitative estimate of drug-likeness (QED) is 0.525. The van der Waals surface area contributed by atoms with Gasteiger partial charge in [0.05, 0.1) is 23.0 Å². The zero-order valence-electron chi connectivity index (χ0n) is 15.1. The first-order valence-electron chi connectivity index (χ1n) is 8.73. The zero-order valence-corrected chi connectivity index (χ0v) is 15.1. The number of fused-ring (bicyclic) bond motifs is 1. The second-order valence-corrected chi connectivity index (χ2v) is 6.44. The highest BCUT2D eigenvalue weighted by Crippen LogP contribution is 2.50. The van der Waals surface area contributed by atoms with Crippen LogP contribution in [0.2, 0.25) is 0 Å². The van der Waals surface area contributed by atoms with Crippen LogP contribution in [0.15, 0.2) is 59.4 Å². The van der Waals surface area contributed by atoms with Crippen molar-refractivity contribution in [2.45, 2.75) is 6.18 Å².